The largest absolute Gasteiger partial charge is 0.417 e. The number of pyridine rings is 1. The van der Waals surface area contributed by atoms with Crippen molar-refractivity contribution in [1.29, 1.82) is 0 Å². The second-order valence-electron chi connectivity index (χ2n) is 8.26. The number of urea groups is 1. The summed E-state index contributed by atoms with van der Waals surface area (Å²) in [6, 6.07) is 11.6. The normalized spacial score (nSPS) is 18.9. The molecule has 1 N–H and O–H groups in total. The molecule has 0 aliphatic carbocycles. The van der Waals surface area contributed by atoms with E-state index in [-0.39, 0.29) is 18.6 Å². The van der Waals surface area contributed by atoms with Gasteiger partial charge in [-0.05, 0) is 43.0 Å². The number of carbonyl (C=O) groups is 1. The zero-order chi connectivity index (χ0) is 21.8. The average molecular weight is 432 g/mol. The molecule has 0 bridgehead atoms. The molecule has 0 saturated carbocycles. The Morgan fingerprint density at radius 2 is 1.97 bits per heavy atom. The molecule has 0 spiro atoms. The first-order valence-corrected chi connectivity index (χ1v) is 10.8. The lowest BCUT2D eigenvalue weighted by Crippen LogP contribution is -2.45. The van der Waals surface area contributed by atoms with E-state index in [1.54, 1.807) is 9.80 Å². The van der Waals surface area contributed by atoms with Crippen LogP contribution in [-0.2, 0) is 25.6 Å². The highest BCUT2D eigenvalue weighted by Crippen LogP contribution is 2.31. The van der Waals surface area contributed by atoms with Crippen LogP contribution in [0.25, 0.3) is 0 Å². The number of nitrogens with one attached hydrogen (secondary N) is 1. The van der Waals surface area contributed by atoms with Crippen molar-refractivity contribution in [2.75, 3.05) is 26.2 Å². The van der Waals surface area contributed by atoms with Crippen LogP contribution in [-0.4, -0.2) is 53.0 Å². The number of hydrogen-bond donors (Lipinski definition) is 1. The molecule has 3 heterocycles. The van der Waals surface area contributed by atoms with E-state index >= 15 is 0 Å². The second kappa shape index (κ2) is 9.26. The van der Waals surface area contributed by atoms with Gasteiger partial charge in [-0.15, -0.1) is 0 Å². The van der Waals surface area contributed by atoms with Gasteiger partial charge in [-0.2, -0.15) is 13.2 Å². The van der Waals surface area contributed by atoms with E-state index in [0.717, 1.165) is 38.1 Å². The summed E-state index contributed by atoms with van der Waals surface area (Å²) in [6.45, 7) is 2.85. The van der Waals surface area contributed by atoms with E-state index in [1.807, 2.05) is 18.2 Å². The third kappa shape index (κ3) is 5.36. The van der Waals surface area contributed by atoms with Gasteiger partial charge in [0.15, 0.2) is 0 Å². The number of aryl methyl sites for hydroxylation is 1. The molecule has 5 nitrogen and oxygen atoms in total. The maximum Gasteiger partial charge on any atom is 0.417 e. The van der Waals surface area contributed by atoms with Gasteiger partial charge < -0.3 is 15.1 Å². The summed E-state index contributed by atoms with van der Waals surface area (Å²) in [5.41, 5.74) is 1.70. The Kier molecular flexibility index (Phi) is 6.46. The third-order valence-corrected chi connectivity index (χ3v) is 6.01. The lowest BCUT2D eigenvalue weighted by atomic mass is 10.0. The summed E-state index contributed by atoms with van der Waals surface area (Å²) in [4.78, 5) is 20.4. The van der Waals surface area contributed by atoms with Crippen molar-refractivity contribution in [3.05, 3.63) is 65.0 Å². The predicted octanol–water partition coefficient (Wildman–Crippen LogP) is 3.88. The van der Waals surface area contributed by atoms with E-state index in [9.17, 15) is 18.0 Å². The van der Waals surface area contributed by atoms with Crippen LogP contribution >= 0.6 is 0 Å². The Bertz CT molecular complexity index is 903. The number of carbonyl (C=O) groups excluding carboxylic acids is 1. The fraction of sp³-hybridized carbons (Fsp3) is 0.478. The van der Waals surface area contributed by atoms with Gasteiger partial charge in [-0.3, -0.25) is 4.98 Å². The van der Waals surface area contributed by atoms with Crippen LogP contribution in [0.1, 0.15) is 35.2 Å². The number of nitrogens with zero attached hydrogens (tertiary/aromatic N) is 3. The molecule has 2 aromatic rings. The van der Waals surface area contributed by atoms with Crippen molar-refractivity contribution in [3.8, 4) is 0 Å². The Morgan fingerprint density at radius 3 is 2.74 bits per heavy atom. The summed E-state index contributed by atoms with van der Waals surface area (Å²) < 4.78 is 39.0. The summed E-state index contributed by atoms with van der Waals surface area (Å²) in [7, 11) is 0. The SMILES string of the molecule is O=C(N1CCc2ncc(C(F)(F)F)cc2C1)N1CCC(NCCCc2ccccc2)C1. The fourth-order valence-electron chi connectivity index (χ4n) is 4.29. The van der Waals surface area contributed by atoms with E-state index in [1.165, 1.54) is 5.56 Å². The molecule has 2 amide bonds. The van der Waals surface area contributed by atoms with Crippen LogP contribution in [0.4, 0.5) is 18.0 Å². The maximum absolute atomic E-state index is 13.0. The number of benzene rings is 1. The molecular formula is C23H27F3N4O. The highest BCUT2D eigenvalue weighted by Gasteiger charge is 2.34. The molecular weight excluding hydrogens is 405 g/mol. The Labute approximate surface area is 180 Å². The first kappa shape index (κ1) is 21.6. The Balaban J connectivity index is 1.26. The number of amides is 2. The number of likely N-dealkylation sites (tertiary alicyclic amines) is 1. The summed E-state index contributed by atoms with van der Waals surface area (Å²) in [5.74, 6) is 0. The topological polar surface area (TPSA) is 48.5 Å². The van der Waals surface area contributed by atoms with E-state index in [2.05, 4.69) is 22.4 Å². The van der Waals surface area contributed by atoms with Crippen molar-refractivity contribution in [2.24, 2.45) is 0 Å². The van der Waals surface area contributed by atoms with Gasteiger partial charge in [0.05, 0.1) is 5.56 Å². The number of hydrogen-bond acceptors (Lipinski definition) is 3. The van der Waals surface area contributed by atoms with Crippen LogP contribution in [0.5, 0.6) is 0 Å². The molecule has 2 aliphatic rings. The second-order valence-corrected chi connectivity index (χ2v) is 8.26. The van der Waals surface area contributed by atoms with E-state index in [4.69, 9.17) is 0 Å². The molecule has 31 heavy (non-hydrogen) atoms. The number of halogens is 3. The minimum absolute atomic E-state index is 0.100. The van der Waals surface area contributed by atoms with Gasteiger partial charge in [-0.25, -0.2) is 4.79 Å². The summed E-state index contributed by atoms with van der Waals surface area (Å²) >= 11 is 0. The molecule has 4 rings (SSSR count). The smallest absolute Gasteiger partial charge is 0.323 e. The van der Waals surface area contributed by atoms with Crippen LogP contribution in [0.3, 0.4) is 0 Å². The predicted molar refractivity (Wildman–Crippen MR) is 111 cm³/mol. The molecule has 8 heteroatoms. The zero-order valence-corrected chi connectivity index (χ0v) is 17.4. The van der Waals surface area contributed by atoms with Gasteiger partial charge >= 0.3 is 12.2 Å². The Hall–Kier alpha value is -2.61. The van der Waals surface area contributed by atoms with Gasteiger partial charge in [0.2, 0.25) is 0 Å². The molecule has 166 valence electrons. The number of alkyl halides is 3. The van der Waals surface area contributed by atoms with Crippen LogP contribution in [0, 0.1) is 0 Å². The van der Waals surface area contributed by atoms with Crippen molar-refractivity contribution >= 4 is 6.03 Å². The molecule has 2 aliphatic heterocycles. The molecule has 1 aromatic heterocycles. The third-order valence-electron chi connectivity index (χ3n) is 6.01. The number of aromatic nitrogens is 1. The molecule has 1 atom stereocenters. The van der Waals surface area contributed by atoms with Crippen molar-refractivity contribution < 1.29 is 18.0 Å². The first-order valence-electron chi connectivity index (χ1n) is 10.8. The lowest BCUT2D eigenvalue weighted by Gasteiger charge is -2.32. The number of fused-ring (bicyclic) bond motifs is 1. The van der Waals surface area contributed by atoms with Gasteiger partial charge in [0.25, 0.3) is 0 Å². The quantitative estimate of drug-likeness (QED) is 0.730. The minimum Gasteiger partial charge on any atom is -0.323 e. The Morgan fingerprint density at radius 1 is 1.16 bits per heavy atom. The average Bonchev–Trinajstić information content (AvgIpc) is 3.24. The summed E-state index contributed by atoms with van der Waals surface area (Å²) in [5, 5.41) is 3.53. The molecule has 1 saturated heterocycles. The van der Waals surface area contributed by atoms with Crippen LogP contribution < -0.4 is 5.32 Å². The molecule has 1 unspecified atom stereocenters. The van der Waals surface area contributed by atoms with Crippen LogP contribution in [0.2, 0.25) is 0 Å². The van der Waals surface area contributed by atoms with Crippen LogP contribution in [0.15, 0.2) is 42.6 Å². The van der Waals surface area contributed by atoms with E-state index in [0.29, 0.717) is 37.3 Å². The van der Waals surface area contributed by atoms with Crippen molar-refractivity contribution in [3.63, 3.8) is 0 Å². The minimum atomic E-state index is -4.43. The molecule has 1 aromatic carbocycles. The monoisotopic (exact) mass is 432 g/mol. The number of rotatable bonds is 5. The standard InChI is InChI=1S/C23H27F3N4O/c24-23(25,26)19-13-18-15-29(12-9-21(18)28-14-19)22(31)30-11-8-20(16-30)27-10-4-7-17-5-2-1-3-6-17/h1-3,5-6,13-14,20,27H,4,7-12,15-16H2. The highest BCUT2D eigenvalue weighted by atomic mass is 19.4. The molecule has 0 radical (unpaired) electrons. The summed E-state index contributed by atoms with van der Waals surface area (Å²) in [6.07, 6.45) is -0.126. The van der Waals surface area contributed by atoms with Gasteiger partial charge in [-0.1, -0.05) is 30.3 Å². The lowest BCUT2D eigenvalue weighted by molar-refractivity contribution is -0.137. The zero-order valence-electron chi connectivity index (χ0n) is 17.4. The van der Waals surface area contributed by atoms with E-state index < -0.39 is 11.7 Å². The van der Waals surface area contributed by atoms with Gasteiger partial charge in [0, 0.05) is 50.5 Å². The van der Waals surface area contributed by atoms with Gasteiger partial charge in [0.1, 0.15) is 0 Å². The fourth-order valence-corrected chi connectivity index (χ4v) is 4.29. The molecule has 1 fully saturated rings. The van der Waals surface area contributed by atoms with Crippen molar-refractivity contribution in [2.45, 2.75) is 44.4 Å². The maximum atomic E-state index is 13.0. The van der Waals surface area contributed by atoms with Crippen molar-refractivity contribution in [1.82, 2.24) is 20.1 Å². The first-order chi connectivity index (χ1) is 14.9. The highest BCUT2D eigenvalue weighted by molar-refractivity contribution is 5.75.